The smallest absolute Gasteiger partial charge is 0.223 e. The molecule has 0 atom stereocenters. The molecule has 0 aromatic carbocycles. The van der Waals surface area contributed by atoms with Crippen LogP contribution in [0.1, 0.15) is 23.4 Å². The van der Waals surface area contributed by atoms with E-state index in [0.717, 1.165) is 28.4 Å². The molecule has 1 aliphatic rings. The molecule has 0 saturated heterocycles. The molecule has 2 aromatic heterocycles. The van der Waals surface area contributed by atoms with Crippen LogP contribution < -0.4 is 5.32 Å². The lowest BCUT2D eigenvalue weighted by molar-refractivity contribution is -0.122. The third-order valence-electron chi connectivity index (χ3n) is 3.00. The van der Waals surface area contributed by atoms with Gasteiger partial charge in [-0.2, -0.15) is 0 Å². The van der Waals surface area contributed by atoms with Crippen LogP contribution in [0.4, 0.5) is 0 Å². The van der Waals surface area contributed by atoms with Crippen molar-refractivity contribution in [2.75, 3.05) is 0 Å². The van der Waals surface area contributed by atoms with E-state index in [1.165, 1.54) is 4.88 Å². The zero-order valence-corrected chi connectivity index (χ0v) is 11.7. The van der Waals surface area contributed by atoms with Gasteiger partial charge in [0.25, 0.3) is 0 Å². The highest BCUT2D eigenvalue weighted by Gasteiger charge is 2.29. The molecule has 1 aliphatic carbocycles. The van der Waals surface area contributed by atoms with Gasteiger partial charge in [-0.1, -0.05) is 6.07 Å². The van der Waals surface area contributed by atoms with Gasteiger partial charge in [0.2, 0.25) is 5.91 Å². The first-order chi connectivity index (χ1) is 8.74. The number of amides is 1. The van der Waals surface area contributed by atoms with Crippen LogP contribution in [0.3, 0.4) is 0 Å². The lowest BCUT2D eigenvalue weighted by Gasteiger charge is -2.01. The van der Waals surface area contributed by atoms with Gasteiger partial charge in [0.05, 0.1) is 17.1 Å². The van der Waals surface area contributed by atoms with Gasteiger partial charge in [-0.25, -0.2) is 4.98 Å². The Morgan fingerprint density at radius 3 is 3.06 bits per heavy atom. The number of carbonyl (C=O) groups excluding carboxylic acids is 1. The summed E-state index contributed by atoms with van der Waals surface area (Å²) in [6, 6.07) is 4.11. The average molecular weight is 278 g/mol. The van der Waals surface area contributed by atoms with E-state index >= 15 is 0 Å². The van der Waals surface area contributed by atoms with Crippen LogP contribution in [-0.2, 0) is 11.3 Å². The van der Waals surface area contributed by atoms with E-state index in [0.29, 0.717) is 6.54 Å². The van der Waals surface area contributed by atoms with Gasteiger partial charge in [-0.3, -0.25) is 4.79 Å². The molecule has 94 valence electrons. The van der Waals surface area contributed by atoms with Crippen molar-refractivity contribution in [3.8, 4) is 9.88 Å². The van der Waals surface area contributed by atoms with Crippen molar-refractivity contribution in [2.45, 2.75) is 26.3 Å². The van der Waals surface area contributed by atoms with Crippen molar-refractivity contribution in [1.82, 2.24) is 10.3 Å². The molecule has 1 fully saturated rings. The molecule has 2 aromatic rings. The van der Waals surface area contributed by atoms with Crippen LogP contribution >= 0.6 is 22.7 Å². The highest BCUT2D eigenvalue weighted by atomic mass is 32.1. The monoisotopic (exact) mass is 278 g/mol. The van der Waals surface area contributed by atoms with E-state index in [-0.39, 0.29) is 11.8 Å². The third-order valence-corrected chi connectivity index (χ3v) is 5.19. The first-order valence-corrected chi connectivity index (χ1v) is 7.71. The number of carbonyl (C=O) groups is 1. The van der Waals surface area contributed by atoms with Gasteiger partial charge in [0.15, 0.2) is 0 Å². The number of thiazole rings is 1. The number of hydrogen-bond acceptors (Lipinski definition) is 4. The molecule has 1 saturated carbocycles. The Labute approximate surface area is 114 Å². The van der Waals surface area contributed by atoms with Crippen molar-refractivity contribution in [1.29, 1.82) is 0 Å². The SMILES string of the molecule is Cc1nc(-c2cccs2)sc1CNC(=O)C1CC1. The van der Waals surface area contributed by atoms with Crippen LogP contribution in [-0.4, -0.2) is 10.9 Å². The molecular weight excluding hydrogens is 264 g/mol. The van der Waals surface area contributed by atoms with Crippen LogP contribution in [0, 0.1) is 12.8 Å². The number of nitrogens with zero attached hydrogens (tertiary/aromatic N) is 1. The second-order valence-corrected chi connectivity index (χ2v) is 6.53. The number of nitrogens with one attached hydrogen (secondary N) is 1. The topological polar surface area (TPSA) is 42.0 Å². The second-order valence-electron chi connectivity index (χ2n) is 4.50. The summed E-state index contributed by atoms with van der Waals surface area (Å²) in [6.45, 7) is 2.62. The number of hydrogen-bond donors (Lipinski definition) is 1. The Hall–Kier alpha value is -1.20. The summed E-state index contributed by atoms with van der Waals surface area (Å²) in [7, 11) is 0. The zero-order chi connectivity index (χ0) is 12.5. The van der Waals surface area contributed by atoms with E-state index in [9.17, 15) is 4.79 Å². The van der Waals surface area contributed by atoms with Crippen molar-refractivity contribution in [2.24, 2.45) is 5.92 Å². The molecule has 5 heteroatoms. The van der Waals surface area contributed by atoms with Crippen LogP contribution in [0.5, 0.6) is 0 Å². The summed E-state index contributed by atoms with van der Waals surface area (Å²) < 4.78 is 0. The van der Waals surface area contributed by atoms with E-state index in [1.54, 1.807) is 22.7 Å². The van der Waals surface area contributed by atoms with Crippen LogP contribution in [0.15, 0.2) is 17.5 Å². The minimum absolute atomic E-state index is 0.195. The summed E-state index contributed by atoms with van der Waals surface area (Å²) in [5.74, 6) is 0.468. The maximum atomic E-state index is 11.6. The van der Waals surface area contributed by atoms with Crippen molar-refractivity contribution in [3.63, 3.8) is 0 Å². The van der Waals surface area contributed by atoms with Gasteiger partial charge in [0, 0.05) is 10.8 Å². The molecule has 0 radical (unpaired) electrons. The maximum Gasteiger partial charge on any atom is 0.223 e. The third kappa shape index (κ3) is 2.47. The van der Waals surface area contributed by atoms with Crippen molar-refractivity contribution < 1.29 is 4.79 Å². The predicted octanol–water partition coefficient (Wildman–Crippen LogP) is 3.21. The number of aryl methyl sites for hydroxylation is 1. The summed E-state index contributed by atoms with van der Waals surface area (Å²) in [5, 5.41) is 6.11. The first kappa shape index (κ1) is 11.9. The highest BCUT2D eigenvalue weighted by molar-refractivity contribution is 7.21. The molecule has 0 aliphatic heterocycles. The number of thiophene rings is 1. The number of rotatable bonds is 4. The summed E-state index contributed by atoms with van der Waals surface area (Å²) in [4.78, 5) is 18.5. The standard InChI is InChI=1S/C13H14N2OS2/c1-8-11(7-14-12(16)9-4-5-9)18-13(15-8)10-3-2-6-17-10/h2-3,6,9H,4-5,7H2,1H3,(H,14,16). The summed E-state index contributed by atoms with van der Waals surface area (Å²) in [6.07, 6.45) is 2.10. The second kappa shape index (κ2) is 4.82. The molecule has 3 nitrogen and oxygen atoms in total. The van der Waals surface area contributed by atoms with Crippen molar-refractivity contribution >= 4 is 28.6 Å². The fraction of sp³-hybridized carbons (Fsp3) is 0.385. The van der Waals surface area contributed by atoms with Crippen LogP contribution in [0.25, 0.3) is 9.88 Å². The Balaban J connectivity index is 1.70. The molecule has 2 heterocycles. The molecule has 0 unspecified atom stereocenters. The molecule has 0 spiro atoms. The minimum Gasteiger partial charge on any atom is -0.351 e. The predicted molar refractivity (Wildman–Crippen MR) is 74.7 cm³/mol. The van der Waals surface area contributed by atoms with Crippen LogP contribution in [0.2, 0.25) is 0 Å². The van der Waals surface area contributed by atoms with E-state index < -0.39 is 0 Å². The molecule has 1 N–H and O–H groups in total. The molecule has 3 rings (SSSR count). The Morgan fingerprint density at radius 1 is 1.56 bits per heavy atom. The summed E-state index contributed by atoms with van der Waals surface area (Å²) >= 11 is 3.37. The minimum atomic E-state index is 0.195. The first-order valence-electron chi connectivity index (χ1n) is 6.02. The van der Waals surface area contributed by atoms with Crippen molar-refractivity contribution in [3.05, 3.63) is 28.1 Å². The Morgan fingerprint density at radius 2 is 2.39 bits per heavy atom. The van der Waals surface area contributed by atoms with Gasteiger partial charge >= 0.3 is 0 Å². The molecule has 1 amide bonds. The Kier molecular flexibility index (Phi) is 3.18. The largest absolute Gasteiger partial charge is 0.351 e. The van der Waals surface area contributed by atoms with Gasteiger partial charge in [-0.15, -0.1) is 22.7 Å². The van der Waals surface area contributed by atoms with Gasteiger partial charge < -0.3 is 5.32 Å². The lowest BCUT2D eigenvalue weighted by atomic mass is 10.3. The quantitative estimate of drug-likeness (QED) is 0.933. The summed E-state index contributed by atoms with van der Waals surface area (Å²) in [5.41, 5.74) is 1.03. The van der Waals surface area contributed by atoms with E-state index in [2.05, 4.69) is 21.7 Å². The molecule has 18 heavy (non-hydrogen) atoms. The zero-order valence-electron chi connectivity index (χ0n) is 10.1. The number of aromatic nitrogens is 1. The fourth-order valence-corrected chi connectivity index (χ4v) is 3.55. The van der Waals surface area contributed by atoms with E-state index in [4.69, 9.17) is 0 Å². The van der Waals surface area contributed by atoms with Gasteiger partial charge in [0.1, 0.15) is 5.01 Å². The van der Waals surface area contributed by atoms with E-state index in [1.807, 2.05) is 13.0 Å². The maximum absolute atomic E-state index is 11.6. The Bertz CT molecular complexity index is 556. The molecular formula is C13H14N2OS2. The van der Waals surface area contributed by atoms with Gasteiger partial charge in [-0.05, 0) is 31.2 Å². The average Bonchev–Trinajstić information content (AvgIpc) is 2.94. The highest BCUT2D eigenvalue weighted by Crippen LogP contribution is 2.32. The fourth-order valence-electron chi connectivity index (χ4n) is 1.75. The molecule has 0 bridgehead atoms. The lowest BCUT2D eigenvalue weighted by Crippen LogP contribution is -2.23. The normalized spacial score (nSPS) is 14.7.